The molecule has 2 bridgehead atoms. The van der Waals surface area contributed by atoms with Gasteiger partial charge in [0.1, 0.15) is 0 Å². The van der Waals surface area contributed by atoms with Gasteiger partial charge in [-0.1, -0.05) is 24.6 Å². The first-order valence-corrected chi connectivity index (χ1v) is 8.99. The number of sulfonamides is 1. The minimum Gasteiger partial charge on any atom is -0.398 e. The molecule has 2 saturated carbocycles. The Labute approximate surface area is 120 Å². The molecule has 0 spiro atoms. The zero-order valence-corrected chi connectivity index (χ0v) is 12.4. The summed E-state index contributed by atoms with van der Waals surface area (Å²) in [6.07, 6.45) is 5.12. The van der Waals surface area contributed by atoms with Crippen LogP contribution in [0.2, 0.25) is 0 Å². The summed E-state index contributed by atoms with van der Waals surface area (Å²) < 4.78 is 27.1. The number of hydrogen-bond donors (Lipinski definition) is 2. The van der Waals surface area contributed by atoms with E-state index in [9.17, 15) is 8.42 Å². The largest absolute Gasteiger partial charge is 0.398 e. The van der Waals surface area contributed by atoms with Crippen LogP contribution in [0, 0.1) is 17.8 Å². The van der Waals surface area contributed by atoms with Crippen LogP contribution in [0.3, 0.4) is 0 Å². The lowest BCUT2D eigenvalue weighted by atomic mass is 9.89. The van der Waals surface area contributed by atoms with Crippen LogP contribution in [0.1, 0.15) is 31.2 Å². The van der Waals surface area contributed by atoms with E-state index in [1.165, 1.54) is 25.7 Å². The van der Waals surface area contributed by atoms with Crippen LogP contribution in [0.15, 0.2) is 24.3 Å². The second-order valence-corrected chi connectivity index (χ2v) is 8.05. The van der Waals surface area contributed by atoms with Gasteiger partial charge < -0.3 is 5.73 Å². The fraction of sp³-hybridized carbons (Fsp3) is 0.600. The molecule has 110 valence electrons. The molecule has 0 amide bonds. The average Bonchev–Trinajstić information content (AvgIpc) is 3.01. The first-order valence-electron chi connectivity index (χ1n) is 7.34. The van der Waals surface area contributed by atoms with Crippen LogP contribution >= 0.6 is 0 Å². The maximum Gasteiger partial charge on any atom is 0.215 e. The first-order chi connectivity index (χ1) is 9.53. The summed E-state index contributed by atoms with van der Waals surface area (Å²) in [5, 5.41) is 0. The van der Waals surface area contributed by atoms with Gasteiger partial charge in [-0.2, -0.15) is 0 Å². The van der Waals surface area contributed by atoms with E-state index in [1.807, 2.05) is 12.1 Å². The molecule has 0 saturated heterocycles. The van der Waals surface area contributed by atoms with Crippen LogP contribution in [-0.2, 0) is 15.8 Å². The maximum absolute atomic E-state index is 12.1. The third-order valence-corrected chi connectivity index (χ3v) is 6.15. The first kappa shape index (κ1) is 13.9. The SMILES string of the molecule is Nc1ccccc1CS(=O)(=O)NCC1CC2CCC1C2. The molecule has 1 aromatic rings. The molecule has 3 unspecified atom stereocenters. The van der Waals surface area contributed by atoms with Crippen LogP contribution in [-0.4, -0.2) is 15.0 Å². The van der Waals surface area contributed by atoms with E-state index >= 15 is 0 Å². The van der Waals surface area contributed by atoms with E-state index < -0.39 is 10.0 Å². The Hall–Kier alpha value is -1.07. The highest BCUT2D eigenvalue weighted by Crippen LogP contribution is 2.47. The number of nitrogens with two attached hydrogens (primary N) is 1. The van der Waals surface area contributed by atoms with Gasteiger partial charge in [0.25, 0.3) is 0 Å². The second-order valence-electron chi connectivity index (χ2n) is 6.24. The Morgan fingerprint density at radius 2 is 2.00 bits per heavy atom. The van der Waals surface area contributed by atoms with Crippen LogP contribution in [0.25, 0.3) is 0 Å². The zero-order chi connectivity index (χ0) is 14.2. The lowest BCUT2D eigenvalue weighted by Crippen LogP contribution is -2.32. The Morgan fingerprint density at radius 1 is 1.20 bits per heavy atom. The van der Waals surface area contributed by atoms with Crippen LogP contribution < -0.4 is 10.5 Å². The molecule has 3 rings (SSSR count). The monoisotopic (exact) mass is 294 g/mol. The Balaban J connectivity index is 1.58. The topological polar surface area (TPSA) is 72.2 Å². The summed E-state index contributed by atoms with van der Waals surface area (Å²) in [7, 11) is -3.29. The summed E-state index contributed by atoms with van der Waals surface area (Å²) in [5.74, 6) is 2.10. The third kappa shape index (κ3) is 2.99. The number of benzene rings is 1. The second kappa shape index (κ2) is 5.37. The van der Waals surface area contributed by atoms with Crippen LogP contribution in [0.4, 0.5) is 5.69 Å². The normalized spacial score (nSPS) is 28.9. The van der Waals surface area contributed by atoms with Crippen molar-refractivity contribution in [2.75, 3.05) is 12.3 Å². The number of hydrogen-bond acceptors (Lipinski definition) is 3. The fourth-order valence-electron chi connectivity index (χ4n) is 3.78. The third-order valence-electron chi connectivity index (χ3n) is 4.85. The highest BCUT2D eigenvalue weighted by Gasteiger charge is 2.39. The lowest BCUT2D eigenvalue weighted by molar-refractivity contribution is 0.332. The summed E-state index contributed by atoms with van der Waals surface area (Å²) in [4.78, 5) is 0. The quantitative estimate of drug-likeness (QED) is 0.817. The van der Waals surface area contributed by atoms with Gasteiger partial charge in [-0.25, -0.2) is 13.1 Å². The van der Waals surface area contributed by atoms with Crippen molar-refractivity contribution in [3.05, 3.63) is 29.8 Å². The van der Waals surface area contributed by atoms with Gasteiger partial charge in [-0.05, 0) is 48.6 Å². The Bertz CT molecular complexity index is 585. The molecule has 2 aliphatic carbocycles. The van der Waals surface area contributed by atoms with Crippen molar-refractivity contribution in [2.24, 2.45) is 17.8 Å². The molecule has 5 heteroatoms. The molecule has 3 N–H and O–H groups in total. The molecule has 0 heterocycles. The van der Waals surface area contributed by atoms with Crippen molar-refractivity contribution >= 4 is 15.7 Å². The molecule has 4 nitrogen and oxygen atoms in total. The molecule has 1 aromatic carbocycles. The van der Waals surface area contributed by atoms with Gasteiger partial charge in [0.15, 0.2) is 0 Å². The highest BCUT2D eigenvalue weighted by molar-refractivity contribution is 7.88. The van der Waals surface area contributed by atoms with Gasteiger partial charge in [-0.15, -0.1) is 0 Å². The van der Waals surface area contributed by atoms with E-state index in [0.717, 1.165) is 11.8 Å². The van der Waals surface area contributed by atoms with Crippen LogP contribution in [0.5, 0.6) is 0 Å². The number of rotatable bonds is 5. The summed E-state index contributed by atoms with van der Waals surface area (Å²) in [6, 6.07) is 7.14. The summed E-state index contributed by atoms with van der Waals surface area (Å²) in [6.45, 7) is 0.593. The molecule has 0 radical (unpaired) electrons. The molecule has 0 aromatic heterocycles. The Morgan fingerprint density at radius 3 is 2.65 bits per heavy atom. The van der Waals surface area contributed by atoms with Gasteiger partial charge in [0, 0.05) is 12.2 Å². The highest BCUT2D eigenvalue weighted by atomic mass is 32.2. The van der Waals surface area contributed by atoms with Crippen molar-refractivity contribution < 1.29 is 8.42 Å². The minimum atomic E-state index is -3.29. The Kier molecular flexibility index (Phi) is 3.73. The summed E-state index contributed by atoms with van der Waals surface area (Å²) >= 11 is 0. The predicted octanol–water partition coefficient (Wildman–Crippen LogP) is 2.12. The molecule has 0 aliphatic heterocycles. The number of para-hydroxylation sites is 1. The van der Waals surface area contributed by atoms with E-state index in [0.29, 0.717) is 23.7 Å². The minimum absolute atomic E-state index is 0.0273. The van der Waals surface area contributed by atoms with Gasteiger partial charge in [0.05, 0.1) is 5.75 Å². The molecular formula is C15H22N2O2S. The predicted molar refractivity (Wildman–Crippen MR) is 80.4 cm³/mol. The number of nitrogens with one attached hydrogen (secondary N) is 1. The molecule has 2 aliphatic rings. The van der Waals surface area contributed by atoms with E-state index in [4.69, 9.17) is 5.73 Å². The fourth-order valence-corrected chi connectivity index (χ4v) is 5.02. The molecule has 3 atom stereocenters. The van der Waals surface area contributed by atoms with Crippen molar-refractivity contribution in [1.29, 1.82) is 0 Å². The number of fused-ring (bicyclic) bond motifs is 2. The van der Waals surface area contributed by atoms with Crippen molar-refractivity contribution in [3.8, 4) is 0 Å². The molecule has 20 heavy (non-hydrogen) atoms. The van der Waals surface area contributed by atoms with Crippen molar-refractivity contribution in [1.82, 2.24) is 4.72 Å². The van der Waals surface area contributed by atoms with E-state index in [1.54, 1.807) is 12.1 Å². The van der Waals surface area contributed by atoms with E-state index in [2.05, 4.69) is 4.72 Å². The maximum atomic E-state index is 12.1. The van der Waals surface area contributed by atoms with Gasteiger partial charge in [-0.3, -0.25) is 0 Å². The van der Waals surface area contributed by atoms with Gasteiger partial charge in [0.2, 0.25) is 10.0 Å². The number of anilines is 1. The van der Waals surface area contributed by atoms with Crippen molar-refractivity contribution in [3.63, 3.8) is 0 Å². The molecular weight excluding hydrogens is 272 g/mol. The summed E-state index contributed by atoms with van der Waals surface area (Å²) in [5.41, 5.74) is 7.02. The molecule has 2 fully saturated rings. The zero-order valence-electron chi connectivity index (χ0n) is 11.6. The average molecular weight is 294 g/mol. The van der Waals surface area contributed by atoms with E-state index in [-0.39, 0.29) is 5.75 Å². The van der Waals surface area contributed by atoms with Crippen molar-refractivity contribution in [2.45, 2.75) is 31.4 Å². The standard InChI is InChI=1S/C15H22N2O2S/c16-15-4-2-1-3-13(15)10-20(18,19)17-9-14-8-11-5-6-12(14)7-11/h1-4,11-12,14,17H,5-10,16H2. The van der Waals surface area contributed by atoms with Gasteiger partial charge >= 0.3 is 0 Å². The lowest BCUT2D eigenvalue weighted by Gasteiger charge is -2.21. The smallest absolute Gasteiger partial charge is 0.215 e. The number of nitrogen functional groups attached to an aromatic ring is 1.